The van der Waals surface area contributed by atoms with Crippen LogP contribution in [0.15, 0.2) is 24.9 Å². The van der Waals surface area contributed by atoms with Gasteiger partial charge >= 0.3 is 5.97 Å². The molecule has 4 nitrogen and oxygen atoms in total. The summed E-state index contributed by atoms with van der Waals surface area (Å²) in [6.45, 7) is 11.6. The Bertz CT molecular complexity index is 295. The molecule has 0 unspecified atom stereocenters. The van der Waals surface area contributed by atoms with E-state index in [4.69, 9.17) is 0 Å². The van der Waals surface area contributed by atoms with Gasteiger partial charge in [0.2, 0.25) is 5.91 Å². The number of ether oxygens (including phenoxy) is 1. The molecule has 0 rings (SSSR count). The van der Waals surface area contributed by atoms with Crippen molar-refractivity contribution in [1.82, 2.24) is 4.90 Å². The van der Waals surface area contributed by atoms with Crippen molar-refractivity contribution in [3.05, 3.63) is 24.9 Å². The Hall–Kier alpha value is -1.58. The van der Waals surface area contributed by atoms with Crippen molar-refractivity contribution < 1.29 is 14.3 Å². The molecule has 0 aromatic rings. The van der Waals surface area contributed by atoms with Crippen LogP contribution in [0.1, 0.15) is 20.3 Å². The number of methoxy groups -OCH3 is 1. The zero-order chi connectivity index (χ0) is 12.7. The molecule has 0 fully saturated rings. The SMILES string of the molecule is C=CCN(C(=C)C(C)C)C(=O)CC(=O)OC. The number of hydrogen-bond donors (Lipinski definition) is 0. The van der Waals surface area contributed by atoms with Crippen LogP contribution < -0.4 is 0 Å². The van der Waals surface area contributed by atoms with E-state index in [1.807, 2.05) is 13.8 Å². The van der Waals surface area contributed by atoms with Crippen LogP contribution in [0.4, 0.5) is 0 Å². The molecule has 0 aliphatic heterocycles. The van der Waals surface area contributed by atoms with Gasteiger partial charge in [0.1, 0.15) is 6.42 Å². The molecule has 0 atom stereocenters. The topological polar surface area (TPSA) is 46.6 Å². The second-order valence-electron chi connectivity index (χ2n) is 3.69. The van der Waals surface area contributed by atoms with Crippen molar-refractivity contribution in [1.29, 1.82) is 0 Å². The van der Waals surface area contributed by atoms with Gasteiger partial charge in [0.25, 0.3) is 0 Å². The Morgan fingerprint density at radius 1 is 1.44 bits per heavy atom. The molecule has 0 aliphatic carbocycles. The molecule has 0 N–H and O–H groups in total. The minimum Gasteiger partial charge on any atom is -0.469 e. The number of rotatable bonds is 6. The van der Waals surface area contributed by atoms with Crippen LogP contribution in [-0.2, 0) is 14.3 Å². The number of nitrogens with zero attached hydrogens (tertiary/aromatic N) is 1. The first-order valence-corrected chi connectivity index (χ1v) is 5.10. The molecule has 90 valence electrons. The quantitative estimate of drug-likeness (QED) is 0.393. The Morgan fingerprint density at radius 2 is 2.00 bits per heavy atom. The van der Waals surface area contributed by atoms with E-state index in [0.29, 0.717) is 12.2 Å². The van der Waals surface area contributed by atoms with E-state index >= 15 is 0 Å². The average Bonchev–Trinajstić information content (AvgIpc) is 2.24. The molecule has 0 spiro atoms. The average molecular weight is 225 g/mol. The van der Waals surface area contributed by atoms with E-state index < -0.39 is 5.97 Å². The molecule has 4 heteroatoms. The van der Waals surface area contributed by atoms with Crippen LogP contribution in [0.3, 0.4) is 0 Å². The first-order valence-electron chi connectivity index (χ1n) is 5.10. The summed E-state index contributed by atoms with van der Waals surface area (Å²) >= 11 is 0. The van der Waals surface area contributed by atoms with Crippen molar-refractivity contribution in [2.24, 2.45) is 5.92 Å². The van der Waals surface area contributed by atoms with E-state index in [1.54, 1.807) is 6.08 Å². The fourth-order valence-corrected chi connectivity index (χ4v) is 1.11. The predicted octanol–water partition coefficient (Wildman–Crippen LogP) is 1.73. The van der Waals surface area contributed by atoms with Gasteiger partial charge in [-0.25, -0.2) is 0 Å². The fourth-order valence-electron chi connectivity index (χ4n) is 1.11. The highest BCUT2D eigenvalue weighted by Gasteiger charge is 2.20. The molecule has 0 aliphatic rings. The lowest BCUT2D eigenvalue weighted by Crippen LogP contribution is -2.33. The summed E-state index contributed by atoms with van der Waals surface area (Å²) < 4.78 is 4.45. The fraction of sp³-hybridized carbons (Fsp3) is 0.500. The zero-order valence-corrected chi connectivity index (χ0v) is 10.2. The molecule has 0 aromatic carbocycles. The maximum Gasteiger partial charge on any atom is 0.315 e. The standard InChI is InChI=1S/C12H19NO3/c1-6-7-13(10(4)9(2)3)11(14)8-12(15)16-5/h6,9H,1,4,7-8H2,2-3,5H3. The maximum absolute atomic E-state index is 11.8. The zero-order valence-electron chi connectivity index (χ0n) is 10.2. The van der Waals surface area contributed by atoms with Crippen LogP contribution in [0.2, 0.25) is 0 Å². The van der Waals surface area contributed by atoms with Gasteiger partial charge in [-0.2, -0.15) is 0 Å². The lowest BCUT2D eigenvalue weighted by Gasteiger charge is -2.25. The number of esters is 1. The van der Waals surface area contributed by atoms with E-state index in [1.165, 1.54) is 12.0 Å². The molecule has 16 heavy (non-hydrogen) atoms. The van der Waals surface area contributed by atoms with Crippen molar-refractivity contribution in [3.63, 3.8) is 0 Å². The van der Waals surface area contributed by atoms with Crippen LogP contribution >= 0.6 is 0 Å². The largest absolute Gasteiger partial charge is 0.469 e. The number of carbonyl (C=O) groups excluding carboxylic acids is 2. The minimum absolute atomic E-state index is 0.140. The van der Waals surface area contributed by atoms with Crippen LogP contribution in [-0.4, -0.2) is 30.4 Å². The van der Waals surface area contributed by atoms with Gasteiger partial charge < -0.3 is 9.64 Å². The van der Waals surface area contributed by atoms with Gasteiger partial charge in [-0.15, -0.1) is 6.58 Å². The van der Waals surface area contributed by atoms with Crippen LogP contribution in [0.25, 0.3) is 0 Å². The molecule has 1 amide bonds. The second kappa shape index (κ2) is 6.82. The highest BCUT2D eigenvalue weighted by molar-refractivity contribution is 5.95. The summed E-state index contributed by atoms with van der Waals surface area (Å²) in [6.07, 6.45) is 1.33. The van der Waals surface area contributed by atoms with Crippen LogP contribution in [0, 0.1) is 5.92 Å². The van der Waals surface area contributed by atoms with Gasteiger partial charge in [-0.1, -0.05) is 26.5 Å². The summed E-state index contributed by atoms with van der Waals surface area (Å²) in [5.41, 5.74) is 0.675. The third-order valence-electron chi connectivity index (χ3n) is 2.15. The Labute approximate surface area is 96.6 Å². The number of carbonyl (C=O) groups is 2. The third kappa shape index (κ3) is 4.29. The van der Waals surface area contributed by atoms with Crippen molar-refractivity contribution in [2.75, 3.05) is 13.7 Å². The first-order chi connectivity index (χ1) is 7.43. The van der Waals surface area contributed by atoms with Gasteiger partial charge in [0.05, 0.1) is 7.11 Å². The Kier molecular flexibility index (Phi) is 6.15. The molecule has 0 saturated heterocycles. The molecule has 0 heterocycles. The van der Waals surface area contributed by atoms with Gasteiger partial charge in [0.15, 0.2) is 0 Å². The highest BCUT2D eigenvalue weighted by atomic mass is 16.5. The maximum atomic E-state index is 11.8. The first kappa shape index (κ1) is 14.4. The summed E-state index contributed by atoms with van der Waals surface area (Å²) in [6, 6.07) is 0. The van der Waals surface area contributed by atoms with Crippen molar-refractivity contribution >= 4 is 11.9 Å². The molecule has 0 saturated carbocycles. The lowest BCUT2D eigenvalue weighted by molar-refractivity contribution is -0.146. The third-order valence-corrected chi connectivity index (χ3v) is 2.15. The Balaban J connectivity index is 4.64. The summed E-state index contributed by atoms with van der Waals surface area (Å²) in [4.78, 5) is 24.2. The normalized spacial score (nSPS) is 9.75. The van der Waals surface area contributed by atoms with Crippen LogP contribution in [0.5, 0.6) is 0 Å². The molecule has 0 aromatic heterocycles. The number of amides is 1. The van der Waals surface area contributed by atoms with E-state index in [-0.39, 0.29) is 18.2 Å². The summed E-state index contributed by atoms with van der Waals surface area (Å²) in [5, 5.41) is 0. The molecular weight excluding hydrogens is 206 g/mol. The van der Waals surface area contributed by atoms with E-state index in [0.717, 1.165) is 0 Å². The molecular formula is C12H19NO3. The summed E-state index contributed by atoms with van der Waals surface area (Å²) in [5.74, 6) is -0.720. The second-order valence-corrected chi connectivity index (χ2v) is 3.69. The predicted molar refractivity (Wildman–Crippen MR) is 62.5 cm³/mol. The van der Waals surface area contributed by atoms with Gasteiger partial charge in [-0.3, -0.25) is 9.59 Å². The number of allylic oxidation sites excluding steroid dienone is 1. The number of hydrogen-bond acceptors (Lipinski definition) is 3. The monoisotopic (exact) mass is 225 g/mol. The van der Waals surface area contributed by atoms with Crippen molar-refractivity contribution in [3.8, 4) is 0 Å². The van der Waals surface area contributed by atoms with E-state index in [9.17, 15) is 9.59 Å². The van der Waals surface area contributed by atoms with E-state index in [2.05, 4.69) is 17.9 Å². The Morgan fingerprint density at radius 3 is 2.38 bits per heavy atom. The molecule has 0 bridgehead atoms. The summed E-state index contributed by atoms with van der Waals surface area (Å²) in [7, 11) is 1.25. The molecule has 0 radical (unpaired) electrons. The smallest absolute Gasteiger partial charge is 0.315 e. The minimum atomic E-state index is -0.546. The van der Waals surface area contributed by atoms with Crippen molar-refractivity contribution in [2.45, 2.75) is 20.3 Å². The lowest BCUT2D eigenvalue weighted by atomic mass is 10.1. The van der Waals surface area contributed by atoms with Gasteiger partial charge in [-0.05, 0) is 5.92 Å². The highest BCUT2D eigenvalue weighted by Crippen LogP contribution is 2.14. The van der Waals surface area contributed by atoms with Gasteiger partial charge in [0, 0.05) is 12.2 Å².